The highest BCUT2D eigenvalue weighted by molar-refractivity contribution is 5.63. The van der Waals surface area contributed by atoms with Crippen molar-refractivity contribution in [3.63, 3.8) is 0 Å². The van der Waals surface area contributed by atoms with E-state index < -0.39 is 0 Å². The van der Waals surface area contributed by atoms with E-state index in [-0.39, 0.29) is 18.2 Å². The van der Waals surface area contributed by atoms with Crippen LogP contribution in [0.1, 0.15) is 17.1 Å². The Morgan fingerprint density at radius 3 is 1.89 bits per heavy atom. The molecule has 1 N–H and O–H groups in total. The zero-order valence-electron chi connectivity index (χ0n) is 15.3. The van der Waals surface area contributed by atoms with E-state index in [2.05, 4.69) is 10.3 Å². The van der Waals surface area contributed by atoms with Crippen molar-refractivity contribution in [1.29, 1.82) is 0 Å². The summed E-state index contributed by atoms with van der Waals surface area (Å²) in [5.74, 6) is 0.782. The van der Waals surface area contributed by atoms with Gasteiger partial charge in [0.15, 0.2) is 0 Å². The molecule has 2 heterocycles. The summed E-state index contributed by atoms with van der Waals surface area (Å²) < 4.78 is 35.1. The van der Waals surface area contributed by atoms with Gasteiger partial charge in [-0.15, -0.1) is 0 Å². The summed E-state index contributed by atoms with van der Waals surface area (Å²) in [5, 5.41) is 16.8. The maximum absolute atomic E-state index is 12.7. The van der Waals surface area contributed by atoms with Crippen LogP contribution in [-0.2, 0) is 6.61 Å². The molecular formula is C21H18F2N2O3. The second-order valence-corrected chi connectivity index (χ2v) is 6.06. The highest BCUT2D eigenvalue weighted by atomic mass is 19.1. The smallest absolute Gasteiger partial charge is 0.139 e. The van der Waals surface area contributed by atoms with Crippen LogP contribution in [0.5, 0.6) is 0 Å². The molecule has 0 spiro atoms. The minimum Gasteiger partial charge on any atom is -0.391 e. The fourth-order valence-corrected chi connectivity index (χ4v) is 2.54. The molecule has 28 heavy (non-hydrogen) atoms. The fraction of sp³-hybridized carbons (Fsp3) is 0.143. The van der Waals surface area contributed by atoms with E-state index in [0.29, 0.717) is 17.0 Å². The lowest BCUT2D eigenvalue weighted by Crippen LogP contribution is -1.88. The van der Waals surface area contributed by atoms with Gasteiger partial charge in [0.1, 0.15) is 34.5 Å². The van der Waals surface area contributed by atoms with Gasteiger partial charge in [-0.1, -0.05) is 10.3 Å². The third kappa shape index (κ3) is 4.50. The predicted octanol–water partition coefficient (Wildman–Crippen LogP) is 5.07. The van der Waals surface area contributed by atoms with Crippen molar-refractivity contribution in [2.75, 3.05) is 0 Å². The molecule has 0 fully saturated rings. The molecule has 144 valence electrons. The molecule has 0 radical (unpaired) electrons. The summed E-state index contributed by atoms with van der Waals surface area (Å²) >= 11 is 0. The van der Waals surface area contributed by atoms with Crippen LogP contribution in [0.3, 0.4) is 0 Å². The van der Waals surface area contributed by atoms with Gasteiger partial charge in [-0.2, -0.15) is 0 Å². The maximum atomic E-state index is 12.7. The zero-order valence-corrected chi connectivity index (χ0v) is 15.3. The van der Waals surface area contributed by atoms with Gasteiger partial charge >= 0.3 is 0 Å². The molecule has 0 aliphatic heterocycles. The molecule has 4 rings (SSSR count). The van der Waals surface area contributed by atoms with Gasteiger partial charge in [-0.25, -0.2) is 8.78 Å². The van der Waals surface area contributed by atoms with Crippen LogP contribution in [0.4, 0.5) is 8.78 Å². The molecule has 0 amide bonds. The average molecular weight is 384 g/mol. The predicted molar refractivity (Wildman–Crippen MR) is 99.2 cm³/mol. The lowest BCUT2D eigenvalue weighted by Gasteiger charge is -1.98. The van der Waals surface area contributed by atoms with Gasteiger partial charge < -0.3 is 14.2 Å². The normalized spacial score (nSPS) is 10.5. The Balaban J connectivity index is 0.000000162. The van der Waals surface area contributed by atoms with Crippen molar-refractivity contribution < 1.29 is 22.9 Å². The highest BCUT2D eigenvalue weighted by Crippen LogP contribution is 2.25. The molecule has 0 atom stereocenters. The summed E-state index contributed by atoms with van der Waals surface area (Å²) in [6, 6.07) is 13.9. The summed E-state index contributed by atoms with van der Waals surface area (Å²) in [7, 11) is 0. The first-order valence-corrected chi connectivity index (χ1v) is 8.49. The van der Waals surface area contributed by atoms with Crippen LogP contribution in [0.2, 0.25) is 0 Å². The van der Waals surface area contributed by atoms with Crippen LogP contribution < -0.4 is 0 Å². The number of aliphatic hydroxyl groups is 1. The Bertz CT molecular complexity index is 1040. The molecule has 4 aromatic rings. The Kier molecular flexibility index (Phi) is 5.96. The number of benzene rings is 2. The number of hydrogen-bond donors (Lipinski definition) is 1. The average Bonchev–Trinajstić information content (AvgIpc) is 3.29. The summed E-state index contributed by atoms with van der Waals surface area (Å²) in [6.45, 7) is 3.41. The lowest BCUT2D eigenvalue weighted by atomic mass is 10.1. The Hall–Kier alpha value is -3.32. The largest absolute Gasteiger partial charge is 0.391 e. The van der Waals surface area contributed by atoms with E-state index in [1.807, 2.05) is 13.0 Å². The van der Waals surface area contributed by atoms with E-state index in [9.17, 15) is 8.78 Å². The van der Waals surface area contributed by atoms with Gasteiger partial charge in [0.25, 0.3) is 0 Å². The number of aryl methyl sites for hydroxylation is 2. The van der Waals surface area contributed by atoms with Gasteiger partial charge in [-0.3, -0.25) is 0 Å². The first kappa shape index (κ1) is 19.4. The molecule has 0 bridgehead atoms. The van der Waals surface area contributed by atoms with E-state index in [1.54, 1.807) is 31.2 Å². The van der Waals surface area contributed by atoms with Gasteiger partial charge in [0.05, 0.1) is 6.61 Å². The van der Waals surface area contributed by atoms with Crippen LogP contribution in [0.25, 0.3) is 22.5 Å². The molecule has 0 aliphatic carbocycles. The summed E-state index contributed by atoms with van der Waals surface area (Å²) in [5.41, 5.74) is 3.53. The van der Waals surface area contributed by atoms with E-state index in [4.69, 9.17) is 14.2 Å². The molecule has 0 saturated heterocycles. The molecule has 5 nitrogen and oxygen atoms in total. The molecule has 0 aliphatic rings. The monoisotopic (exact) mass is 384 g/mol. The standard InChI is InChI=1S/C11H10FNO2.C10H8FNO/c1-7-10(6-14)11(13-15-7)8-2-4-9(12)5-3-8;1-7-6-10(12-13-7)8-2-4-9(11)5-3-8/h2-5,14H,6H2,1H3;2-6H,1H3. The quantitative estimate of drug-likeness (QED) is 0.534. The van der Waals surface area contributed by atoms with E-state index in [1.165, 1.54) is 24.3 Å². The van der Waals surface area contributed by atoms with Crippen molar-refractivity contribution in [3.8, 4) is 22.5 Å². The first-order valence-electron chi connectivity index (χ1n) is 8.49. The molecule has 2 aromatic heterocycles. The number of aliphatic hydroxyl groups excluding tert-OH is 1. The lowest BCUT2D eigenvalue weighted by molar-refractivity contribution is 0.278. The summed E-state index contributed by atoms with van der Waals surface area (Å²) in [4.78, 5) is 0. The van der Waals surface area contributed by atoms with Gasteiger partial charge in [0, 0.05) is 22.8 Å². The second-order valence-electron chi connectivity index (χ2n) is 6.06. The van der Waals surface area contributed by atoms with Crippen molar-refractivity contribution in [2.24, 2.45) is 0 Å². The van der Waals surface area contributed by atoms with E-state index >= 15 is 0 Å². The topological polar surface area (TPSA) is 72.3 Å². The fourth-order valence-electron chi connectivity index (χ4n) is 2.54. The van der Waals surface area contributed by atoms with Crippen LogP contribution >= 0.6 is 0 Å². The van der Waals surface area contributed by atoms with Crippen molar-refractivity contribution in [3.05, 3.63) is 83.3 Å². The van der Waals surface area contributed by atoms with E-state index in [0.717, 1.165) is 22.6 Å². The minimum atomic E-state index is -0.301. The first-order chi connectivity index (χ1) is 13.5. The van der Waals surface area contributed by atoms with Crippen LogP contribution in [0, 0.1) is 25.5 Å². The Morgan fingerprint density at radius 2 is 1.39 bits per heavy atom. The molecule has 0 unspecified atom stereocenters. The number of halogens is 2. The zero-order chi connectivity index (χ0) is 20.1. The van der Waals surface area contributed by atoms with Crippen molar-refractivity contribution in [2.45, 2.75) is 20.5 Å². The number of hydrogen-bond acceptors (Lipinski definition) is 5. The van der Waals surface area contributed by atoms with Crippen LogP contribution in [0.15, 0.2) is 63.6 Å². The minimum absolute atomic E-state index is 0.137. The number of aromatic nitrogens is 2. The summed E-state index contributed by atoms with van der Waals surface area (Å²) in [6.07, 6.45) is 0. The Labute approximate surface area is 160 Å². The molecular weight excluding hydrogens is 366 g/mol. The molecule has 7 heteroatoms. The maximum Gasteiger partial charge on any atom is 0.139 e. The van der Waals surface area contributed by atoms with Gasteiger partial charge in [0.2, 0.25) is 0 Å². The van der Waals surface area contributed by atoms with Crippen molar-refractivity contribution >= 4 is 0 Å². The highest BCUT2D eigenvalue weighted by Gasteiger charge is 2.13. The SMILES string of the molecule is Cc1cc(-c2ccc(F)cc2)no1.Cc1onc(-c2ccc(F)cc2)c1CO. The Morgan fingerprint density at radius 1 is 0.821 bits per heavy atom. The third-order valence-electron chi connectivity index (χ3n) is 4.03. The molecule has 2 aromatic carbocycles. The number of nitrogens with zero attached hydrogens (tertiary/aromatic N) is 2. The molecule has 0 saturated carbocycles. The van der Waals surface area contributed by atoms with Crippen LogP contribution in [-0.4, -0.2) is 15.4 Å². The second kappa shape index (κ2) is 8.58. The number of rotatable bonds is 3. The van der Waals surface area contributed by atoms with Crippen molar-refractivity contribution in [1.82, 2.24) is 10.3 Å². The third-order valence-corrected chi connectivity index (χ3v) is 4.03. The van der Waals surface area contributed by atoms with Gasteiger partial charge in [-0.05, 0) is 62.4 Å².